The molecule has 0 bridgehead atoms. The van der Waals surface area contributed by atoms with Crippen LogP contribution in [0.4, 0.5) is 11.4 Å². The number of hydrogen-bond acceptors (Lipinski definition) is 6. The Morgan fingerprint density at radius 2 is 1.96 bits per heavy atom. The van der Waals surface area contributed by atoms with Crippen molar-refractivity contribution in [2.75, 3.05) is 11.6 Å². The number of aromatic carboxylic acids is 1. The zero-order chi connectivity index (χ0) is 20.0. The van der Waals surface area contributed by atoms with Gasteiger partial charge in [0.15, 0.2) is 11.4 Å². The van der Waals surface area contributed by atoms with Crippen LogP contribution in [-0.4, -0.2) is 33.5 Å². The van der Waals surface area contributed by atoms with E-state index in [1.165, 1.54) is 30.0 Å². The molecule has 0 saturated carbocycles. The first-order valence-electron chi connectivity index (χ1n) is 7.61. The van der Waals surface area contributed by atoms with Gasteiger partial charge in [0.1, 0.15) is 11.3 Å². The average Bonchev–Trinajstić information content (AvgIpc) is 2.63. The molecule has 0 aromatic heterocycles. The third-order valence-electron chi connectivity index (χ3n) is 3.52. The summed E-state index contributed by atoms with van der Waals surface area (Å²) in [7, 11) is 0. The number of carbonyl (C=O) groups is 2. The Morgan fingerprint density at radius 3 is 2.56 bits per heavy atom. The third kappa shape index (κ3) is 4.99. The van der Waals surface area contributed by atoms with Crippen molar-refractivity contribution >= 4 is 40.2 Å². The number of carboxylic acid groups (broad SMARTS) is 1. The molecule has 27 heavy (non-hydrogen) atoms. The molecule has 9 heteroatoms. The standard InChI is InChI=1S/C18H16N4O4S/c1-10-7-11(3-5-14(10)22-18(27-2)20-9-19)16(24)21-12-4-6-15(23)13(8-12)17(25)26/h3-8,23H,1-2H3,(H,20,22)(H,21,24)(H,25,26). The number of carbonyl (C=O) groups excluding carboxylic acids is 1. The molecular formula is C18H16N4O4S. The lowest BCUT2D eigenvalue weighted by Gasteiger charge is -2.09. The van der Waals surface area contributed by atoms with Gasteiger partial charge in [0, 0.05) is 11.3 Å². The summed E-state index contributed by atoms with van der Waals surface area (Å²) in [6.07, 6.45) is 3.59. The number of amides is 1. The number of amidine groups is 1. The predicted molar refractivity (Wildman–Crippen MR) is 104 cm³/mol. The van der Waals surface area contributed by atoms with Crippen LogP contribution < -0.4 is 10.6 Å². The first-order valence-corrected chi connectivity index (χ1v) is 8.84. The van der Waals surface area contributed by atoms with Crippen LogP contribution in [0.5, 0.6) is 5.75 Å². The number of anilines is 1. The predicted octanol–water partition coefficient (Wildman–Crippen LogP) is 3.07. The molecular weight excluding hydrogens is 368 g/mol. The lowest BCUT2D eigenvalue weighted by Crippen LogP contribution is -2.13. The van der Waals surface area contributed by atoms with Crippen LogP contribution in [0.2, 0.25) is 0 Å². The van der Waals surface area contributed by atoms with Gasteiger partial charge in [-0.05, 0) is 55.1 Å². The lowest BCUT2D eigenvalue weighted by molar-refractivity contribution is 0.0693. The van der Waals surface area contributed by atoms with Gasteiger partial charge in [0.25, 0.3) is 5.91 Å². The fourth-order valence-electron chi connectivity index (χ4n) is 2.19. The van der Waals surface area contributed by atoms with Gasteiger partial charge in [-0.2, -0.15) is 5.26 Å². The number of rotatable bonds is 4. The van der Waals surface area contributed by atoms with Gasteiger partial charge in [0.2, 0.25) is 0 Å². The topological polar surface area (TPSA) is 135 Å². The zero-order valence-corrected chi connectivity index (χ0v) is 15.3. The van der Waals surface area contributed by atoms with Crippen LogP contribution in [-0.2, 0) is 0 Å². The van der Waals surface area contributed by atoms with Crippen LogP contribution in [0.25, 0.3) is 0 Å². The highest BCUT2D eigenvalue weighted by Crippen LogP contribution is 2.24. The number of hydrogen-bond donors (Lipinski definition) is 4. The monoisotopic (exact) mass is 384 g/mol. The molecule has 2 aromatic rings. The van der Waals surface area contributed by atoms with E-state index in [9.17, 15) is 14.7 Å². The van der Waals surface area contributed by atoms with Crippen molar-refractivity contribution in [3.8, 4) is 11.9 Å². The Morgan fingerprint density at radius 1 is 1.22 bits per heavy atom. The molecule has 0 aliphatic heterocycles. The summed E-state index contributed by atoms with van der Waals surface area (Å²) in [5, 5.41) is 32.7. The second-order valence-corrected chi connectivity index (χ2v) is 6.15. The lowest BCUT2D eigenvalue weighted by atomic mass is 10.1. The van der Waals surface area contributed by atoms with E-state index in [-0.39, 0.29) is 17.0 Å². The van der Waals surface area contributed by atoms with Crippen LogP contribution in [0, 0.1) is 18.4 Å². The maximum Gasteiger partial charge on any atom is 0.339 e. The summed E-state index contributed by atoms with van der Waals surface area (Å²) in [5.74, 6) is -2.11. The Kier molecular flexibility index (Phi) is 6.41. The maximum absolute atomic E-state index is 12.4. The summed E-state index contributed by atoms with van der Waals surface area (Å²) in [6.45, 7) is 1.78. The van der Waals surface area contributed by atoms with E-state index in [2.05, 4.69) is 15.6 Å². The summed E-state index contributed by atoms with van der Waals surface area (Å²) >= 11 is 1.28. The molecule has 0 saturated heterocycles. The minimum atomic E-state index is -1.29. The smallest absolute Gasteiger partial charge is 0.339 e. The Balaban J connectivity index is 2.23. The van der Waals surface area contributed by atoms with Gasteiger partial charge in [0.05, 0.1) is 5.69 Å². The number of benzene rings is 2. The van der Waals surface area contributed by atoms with E-state index in [1.54, 1.807) is 37.6 Å². The van der Waals surface area contributed by atoms with Crippen LogP contribution in [0.15, 0.2) is 41.4 Å². The number of thioether (sulfide) groups is 1. The molecule has 2 aromatic carbocycles. The number of nitriles is 1. The number of carboxylic acids is 1. The van der Waals surface area contributed by atoms with Crippen molar-refractivity contribution in [2.24, 2.45) is 4.99 Å². The second-order valence-electron chi connectivity index (χ2n) is 5.35. The number of phenols is 1. The molecule has 138 valence electrons. The molecule has 0 aliphatic carbocycles. The third-order valence-corrected chi connectivity index (χ3v) is 4.10. The number of aryl methyl sites for hydroxylation is 1. The van der Waals surface area contributed by atoms with E-state index in [1.807, 2.05) is 0 Å². The van der Waals surface area contributed by atoms with E-state index in [0.29, 0.717) is 16.4 Å². The first kappa shape index (κ1) is 19.8. The molecule has 0 spiro atoms. The van der Waals surface area contributed by atoms with Crippen LogP contribution in [0.1, 0.15) is 26.3 Å². The highest BCUT2D eigenvalue weighted by molar-refractivity contribution is 8.13. The summed E-state index contributed by atoms with van der Waals surface area (Å²) in [5.41, 5.74) is 1.64. The van der Waals surface area contributed by atoms with Gasteiger partial charge < -0.3 is 15.5 Å². The molecule has 0 aliphatic rings. The van der Waals surface area contributed by atoms with E-state index in [4.69, 9.17) is 10.4 Å². The van der Waals surface area contributed by atoms with Crippen molar-refractivity contribution in [3.05, 3.63) is 53.1 Å². The average molecular weight is 384 g/mol. The largest absolute Gasteiger partial charge is 0.507 e. The quantitative estimate of drug-likeness (QED) is 0.209. The molecule has 4 N–H and O–H groups in total. The molecule has 0 radical (unpaired) electrons. The van der Waals surface area contributed by atoms with E-state index >= 15 is 0 Å². The minimum absolute atomic E-state index is 0.248. The van der Waals surface area contributed by atoms with Gasteiger partial charge in [-0.25, -0.2) is 9.79 Å². The van der Waals surface area contributed by atoms with Crippen molar-refractivity contribution in [1.82, 2.24) is 5.32 Å². The highest BCUT2D eigenvalue weighted by Gasteiger charge is 2.13. The number of aromatic hydroxyl groups is 1. The fourth-order valence-corrected chi connectivity index (χ4v) is 2.53. The normalized spacial score (nSPS) is 10.8. The number of aliphatic imine (C=N–C) groups is 1. The zero-order valence-electron chi connectivity index (χ0n) is 14.5. The molecule has 0 atom stereocenters. The van der Waals surface area contributed by atoms with Gasteiger partial charge >= 0.3 is 5.97 Å². The number of nitrogens with one attached hydrogen (secondary N) is 2. The van der Waals surface area contributed by atoms with Gasteiger partial charge in [-0.1, -0.05) is 11.8 Å². The SMILES string of the molecule is CSC(=Nc1ccc(C(=O)Nc2ccc(O)c(C(=O)O)c2)cc1C)NC#N. The summed E-state index contributed by atoms with van der Waals surface area (Å²) in [4.78, 5) is 27.8. The number of nitrogens with zero attached hydrogens (tertiary/aromatic N) is 2. The molecule has 0 heterocycles. The van der Waals surface area contributed by atoms with Crippen molar-refractivity contribution < 1.29 is 19.8 Å². The van der Waals surface area contributed by atoms with Crippen LogP contribution in [0.3, 0.4) is 0 Å². The molecule has 1 amide bonds. The van der Waals surface area contributed by atoms with E-state index < -0.39 is 11.9 Å². The van der Waals surface area contributed by atoms with E-state index in [0.717, 1.165) is 5.56 Å². The molecule has 8 nitrogen and oxygen atoms in total. The van der Waals surface area contributed by atoms with Gasteiger partial charge in [-0.3, -0.25) is 10.1 Å². The Hall–Kier alpha value is -3.51. The molecule has 2 rings (SSSR count). The minimum Gasteiger partial charge on any atom is -0.507 e. The van der Waals surface area contributed by atoms with Crippen LogP contribution >= 0.6 is 11.8 Å². The second kappa shape index (κ2) is 8.73. The Labute approximate surface area is 159 Å². The van der Waals surface area contributed by atoms with Gasteiger partial charge in [-0.15, -0.1) is 0 Å². The van der Waals surface area contributed by atoms with Crippen molar-refractivity contribution in [3.63, 3.8) is 0 Å². The molecule has 0 unspecified atom stereocenters. The fraction of sp³-hybridized carbons (Fsp3) is 0.111. The van der Waals surface area contributed by atoms with Crippen molar-refractivity contribution in [2.45, 2.75) is 6.92 Å². The highest BCUT2D eigenvalue weighted by atomic mass is 32.2. The first-order chi connectivity index (χ1) is 12.8. The maximum atomic E-state index is 12.4. The van der Waals surface area contributed by atoms with Crippen molar-refractivity contribution in [1.29, 1.82) is 5.26 Å². The molecule has 0 fully saturated rings. The Bertz CT molecular complexity index is 966. The summed E-state index contributed by atoms with van der Waals surface area (Å²) < 4.78 is 0. The summed E-state index contributed by atoms with van der Waals surface area (Å²) in [6, 6.07) is 8.65.